The Bertz CT molecular complexity index is 1390. The fourth-order valence-corrected chi connectivity index (χ4v) is 4.73. The van der Waals surface area contributed by atoms with Gasteiger partial charge in [0.1, 0.15) is 11.3 Å². The van der Waals surface area contributed by atoms with Crippen molar-refractivity contribution in [3.8, 4) is 5.75 Å². The number of aryl methyl sites for hydroxylation is 2. The van der Waals surface area contributed by atoms with E-state index in [-0.39, 0.29) is 17.4 Å². The molecule has 1 aliphatic carbocycles. The van der Waals surface area contributed by atoms with Crippen LogP contribution >= 0.6 is 11.6 Å². The van der Waals surface area contributed by atoms with Crippen molar-refractivity contribution < 1.29 is 9.90 Å². The van der Waals surface area contributed by atoms with Crippen molar-refractivity contribution in [1.29, 1.82) is 0 Å². The normalized spacial score (nSPS) is 16.0. The predicted octanol–water partition coefficient (Wildman–Crippen LogP) is 4.19. The number of aromatic hydroxyl groups is 1. The number of nitrogens with zero attached hydrogens (tertiary/aromatic N) is 1. The van der Waals surface area contributed by atoms with Gasteiger partial charge in [-0.15, -0.1) is 0 Å². The van der Waals surface area contributed by atoms with Crippen LogP contribution in [0.5, 0.6) is 5.75 Å². The van der Waals surface area contributed by atoms with Gasteiger partial charge in [-0.1, -0.05) is 35.9 Å². The molecule has 7 heteroatoms. The van der Waals surface area contributed by atoms with E-state index < -0.39 is 11.5 Å². The molecule has 0 aliphatic heterocycles. The number of hydrogen-bond acceptors (Lipinski definition) is 3. The number of halogens is 1. The van der Waals surface area contributed by atoms with Crippen molar-refractivity contribution in [1.82, 2.24) is 14.9 Å². The number of benzene rings is 2. The fraction of sp³-hybridized carbons (Fsp3) is 0.217. The maximum Gasteiger partial charge on any atom is 0.267 e. The first-order valence-electron chi connectivity index (χ1n) is 9.88. The molecule has 0 fully saturated rings. The van der Waals surface area contributed by atoms with Crippen LogP contribution < -0.4 is 10.9 Å². The van der Waals surface area contributed by atoms with Crippen molar-refractivity contribution in [2.45, 2.75) is 25.3 Å². The van der Waals surface area contributed by atoms with Crippen LogP contribution in [-0.2, 0) is 13.5 Å². The molecule has 1 amide bonds. The molecule has 1 aliphatic rings. The number of hydrogen-bond donors (Lipinski definition) is 3. The molecule has 0 saturated carbocycles. The summed E-state index contributed by atoms with van der Waals surface area (Å²) in [5.74, 6) is -0.872. The van der Waals surface area contributed by atoms with Gasteiger partial charge in [0.2, 0.25) is 0 Å². The quantitative estimate of drug-likeness (QED) is 0.453. The summed E-state index contributed by atoms with van der Waals surface area (Å²) in [5, 5.41) is 15.8. The number of nitrogens with one attached hydrogen (secondary N) is 2. The van der Waals surface area contributed by atoms with E-state index in [9.17, 15) is 14.7 Å². The van der Waals surface area contributed by atoms with E-state index in [1.807, 2.05) is 18.2 Å². The maximum atomic E-state index is 13.1. The van der Waals surface area contributed by atoms with Gasteiger partial charge in [-0.3, -0.25) is 9.59 Å². The molecule has 6 nitrogen and oxygen atoms in total. The molecule has 1 atom stereocenters. The number of carbonyl (C=O) groups is 1. The van der Waals surface area contributed by atoms with Crippen LogP contribution in [0, 0.1) is 0 Å². The summed E-state index contributed by atoms with van der Waals surface area (Å²) < 4.78 is 1.39. The maximum absolute atomic E-state index is 13.1. The van der Waals surface area contributed by atoms with E-state index >= 15 is 0 Å². The third-order valence-electron chi connectivity index (χ3n) is 6.00. The first kappa shape index (κ1) is 18.8. The summed E-state index contributed by atoms with van der Waals surface area (Å²) in [7, 11) is 1.60. The molecule has 0 radical (unpaired) electrons. The van der Waals surface area contributed by atoms with Crippen molar-refractivity contribution >= 4 is 39.3 Å². The number of amides is 1. The van der Waals surface area contributed by atoms with Gasteiger partial charge in [0.05, 0.1) is 22.1 Å². The molecule has 3 N–H and O–H groups in total. The predicted molar refractivity (Wildman–Crippen MR) is 117 cm³/mol. The van der Waals surface area contributed by atoms with Crippen molar-refractivity contribution in [2.24, 2.45) is 7.05 Å². The van der Waals surface area contributed by atoms with Crippen LogP contribution in [0.25, 0.3) is 21.8 Å². The minimum absolute atomic E-state index is 0.238. The lowest BCUT2D eigenvalue weighted by atomic mass is 9.91. The van der Waals surface area contributed by atoms with Gasteiger partial charge >= 0.3 is 0 Å². The molecule has 0 spiro atoms. The lowest BCUT2D eigenvalue weighted by Crippen LogP contribution is -2.36. The first-order valence-corrected chi connectivity index (χ1v) is 10.3. The molecular formula is C23H20ClN3O3. The summed E-state index contributed by atoms with van der Waals surface area (Å²) in [5.41, 5.74) is 2.71. The standard InChI is InChI=1S/C23H20ClN3O3/c1-27-17-11-3-2-6-14(17)21(28)18(23(27)30)22(29)25-16-10-5-8-13-12-7-4-9-15(24)19(12)26-20(13)16/h2-4,6-7,9,11,16,26,28H,5,8,10H2,1H3,(H,25,29)/t16-/m1/s1. The Morgan fingerprint density at radius 2 is 1.97 bits per heavy atom. The number of rotatable bonds is 2. The molecule has 2 aromatic heterocycles. The highest BCUT2D eigenvalue weighted by Crippen LogP contribution is 2.37. The third-order valence-corrected chi connectivity index (χ3v) is 6.31. The average Bonchev–Trinajstić information content (AvgIpc) is 3.14. The molecule has 30 heavy (non-hydrogen) atoms. The zero-order valence-electron chi connectivity index (χ0n) is 16.3. The monoisotopic (exact) mass is 421 g/mol. The molecule has 2 aromatic carbocycles. The second-order valence-electron chi connectivity index (χ2n) is 7.70. The highest BCUT2D eigenvalue weighted by Gasteiger charge is 2.29. The Morgan fingerprint density at radius 1 is 1.20 bits per heavy atom. The highest BCUT2D eigenvalue weighted by atomic mass is 35.5. The molecule has 5 rings (SSSR count). The average molecular weight is 422 g/mol. The number of H-pyrrole nitrogens is 1. The zero-order valence-corrected chi connectivity index (χ0v) is 17.1. The van der Waals surface area contributed by atoms with Crippen molar-refractivity contribution in [2.75, 3.05) is 0 Å². The Morgan fingerprint density at radius 3 is 2.80 bits per heavy atom. The van der Waals surface area contributed by atoms with Crippen LogP contribution in [0.15, 0.2) is 47.3 Å². The van der Waals surface area contributed by atoms with E-state index in [0.29, 0.717) is 15.9 Å². The summed E-state index contributed by atoms with van der Waals surface area (Å²) in [4.78, 5) is 29.3. The number of pyridine rings is 1. The molecule has 2 heterocycles. The second-order valence-corrected chi connectivity index (χ2v) is 8.11. The Hall–Kier alpha value is -3.25. The second kappa shape index (κ2) is 6.92. The van der Waals surface area contributed by atoms with E-state index in [1.165, 1.54) is 4.57 Å². The third kappa shape index (κ3) is 2.71. The molecule has 0 unspecified atom stereocenters. The van der Waals surface area contributed by atoms with Gasteiger partial charge in [-0.05, 0) is 43.0 Å². The van der Waals surface area contributed by atoms with Crippen molar-refractivity contribution in [3.05, 3.63) is 74.7 Å². The number of para-hydroxylation sites is 2. The number of aromatic amines is 1. The molecular weight excluding hydrogens is 402 g/mol. The first-order chi connectivity index (χ1) is 14.5. The number of aromatic nitrogens is 2. The van der Waals surface area contributed by atoms with Gasteiger partial charge in [0.15, 0.2) is 0 Å². The van der Waals surface area contributed by atoms with Crippen LogP contribution in [0.4, 0.5) is 0 Å². The highest BCUT2D eigenvalue weighted by molar-refractivity contribution is 6.35. The number of fused-ring (bicyclic) bond motifs is 4. The van der Waals surface area contributed by atoms with Gasteiger partial charge in [-0.2, -0.15) is 0 Å². The minimum atomic E-state index is -0.582. The van der Waals surface area contributed by atoms with Gasteiger partial charge in [0.25, 0.3) is 11.5 Å². The van der Waals surface area contributed by atoms with Crippen LogP contribution in [0.3, 0.4) is 0 Å². The summed E-state index contributed by atoms with van der Waals surface area (Å²) in [6.45, 7) is 0. The van der Waals surface area contributed by atoms with Crippen LogP contribution in [0.2, 0.25) is 5.02 Å². The lowest BCUT2D eigenvalue weighted by molar-refractivity contribution is 0.0927. The summed E-state index contributed by atoms with van der Waals surface area (Å²) in [6, 6.07) is 12.4. The fourth-order valence-electron chi connectivity index (χ4n) is 4.51. The molecule has 152 valence electrons. The Kier molecular flexibility index (Phi) is 4.33. The summed E-state index contributed by atoms with van der Waals surface area (Å²) >= 11 is 6.34. The van der Waals surface area contributed by atoms with E-state index in [1.54, 1.807) is 31.3 Å². The SMILES string of the molecule is Cn1c(=O)c(C(=O)N[C@@H]2CCCc3c2[nH]c2c(Cl)cccc32)c(O)c2ccccc21. The van der Waals surface area contributed by atoms with Gasteiger partial charge in [-0.25, -0.2) is 0 Å². The lowest BCUT2D eigenvalue weighted by Gasteiger charge is -2.24. The van der Waals surface area contributed by atoms with Gasteiger partial charge < -0.3 is 20.0 Å². The smallest absolute Gasteiger partial charge is 0.267 e. The van der Waals surface area contributed by atoms with Crippen molar-refractivity contribution in [3.63, 3.8) is 0 Å². The number of carbonyl (C=O) groups excluding carboxylic acids is 1. The Balaban J connectivity index is 1.57. The van der Waals surface area contributed by atoms with Crippen LogP contribution in [0.1, 0.15) is 40.5 Å². The molecule has 0 saturated heterocycles. The topological polar surface area (TPSA) is 87.1 Å². The minimum Gasteiger partial charge on any atom is -0.506 e. The van der Waals surface area contributed by atoms with Gasteiger partial charge in [0, 0.05) is 23.5 Å². The summed E-state index contributed by atoms with van der Waals surface area (Å²) in [6.07, 6.45) is 2.53. The van der Waals surface area contributed by atoms with Crippen LogP contribution in [-0.4, -0.2) is 20.6 Å². The van der Waals surface area contributed by atoms with E-state index in [4.69, 9.17) is 11.6 Å². The van der Waals surface area contributed by atoms with E-state index in [2.05, 4.69) is 10.3 Å². The molecule has 4 aromatic rings. The molecule has 0 bridgehead atoms. The van der Waals surface area contributed by atoms with E-state index in [0.717, 1.165) is 41.4 Å². The Labute approximate surface area is 177 Å². The largest absolute Gasteiger partial charge is 0.506 e. The zero-order chi connectivity index (χ0) is 21.0.